The van der Waals surface area contributed by atoms with E-state index in [1.165, 1.54) is 7.11 Å². The molecule has 0 aromatic heterocycles. The summed E-state index contributed by atoms with van der Waals surface area (Å²) in [5.74, 6) is 0.254. The van der Waals surface area contributed by atoms with Crippen LogP contribution in [0, 0.1) is 6.92 Å². The van der Waals surface area contributed by atoms with Crippen molar-refractivity contribution in [1.82, 2.24) is 0 Å². The van der Waals surface area contributed by atoms with Crippen LogP contribution >= 0.6 is 0 Å². The Labute approximate surface area is 123 Å². The molecule has 0 bridgehead atoms. The predicted molar refractivity (Wildman–Crippen MR) is 83.2 cm³/mol. The SMILES string of the molecule is COC(=O)c1cc(Nc2cc(C)ccc2OC)ccc1N. The number of methoxy groups -OCH3 is 2. The van der Waals surface area contributed by atoms with Crippen molar-refractivity contribution in [1.29, 1.82) is 0 Å². The average Bonchev–Trinajstić information content (AvgIpc) is 2.48. The van der Waals surface area contributed by atoms with Crippen LogP contribution in [0.2, 0.25) is 0 Å². The monoisotopic (exact) mass is 286 g/mol. The molecule has 5 nitrogen and oxygen atoms in total. The van der Waals surface area contributed by atoms with Crippen LogP contribution in [0.5, 0.6) is 5.75 Å². The minimum atomic E-state index is -0.465. The molecule has 0 saturated carbocycles. The van der Waals surface area contributed by atoms with E-state index in [1.54, 1.807) is 25.3 Å². The Morgan fingerprint density at radius 3 is 2.57 bits per heavy atom. The van der Waals surface area contributed by atoms with Gasteiger partial charge in [0.15, 0.2) is 0 Å². The summed E-state index contributed by atoms with van der Waals surface area (Å²) < 4.78 is 10.0. The third-order valence-corrected chi connectivity index (χ3v) is 3.09. The van der Waals surface area contributed by atoms with Crippen molar-refractivity contribution in [2.45, 2.75) is 6.92 Å². The molecule has 110 valence electrons. The lowest BCUT2D eigenvalue weighted by Gasteiger charge is -2.13. The third kappa shape index (κ3) is 3.25. The second-order valence-electron chi connectivity index (χ2n) is 4.62. The van der Waals surface area contributed by atoms with Crippen molar-refractivity contribution in [3.8, 4) is 5.75 Å². The number of ether oxygens (including phenoxy) is 2. The number of nitrogen functional groups attached to an aromatic ring is 1. The molecule has 0 aliphatic rings. The van der Waals surface area contributed by atoms with Crippen molar-refractivity contribution in [3.05, 3.63) is 47.5 Å². The fourth-order valence-corrected chi connectivity index (χ4v) is 2.00. The molecule has 2 aromatic carbocycles. The van der Waals surface area contributed by atoms with Crippen LogP contribution in [0.1, 0.15) is 15.9 Å². The standard InChI is InChI=1S/C16H18N2O3/c1-10-4-7-15(20-2)14(8-10)18-11-5-6-13(17)12(9-11)16(19)21-3/h4-9,18H,17H2,1-3H3. The molecule has 5 heteroatoms. The molecule has 0 heterocycles. The molecule has 0 fully saturated rings. The maximum Gasteiger partial charge on any atom is 0.340 e. The number of carbonyl (C=O) groups is 1. The zero-order chi connectivity index (χ0) is 15.4. The number of esters is 1. The second-order valence-corrected chi connectivity index (χ2v) is 4.62. The first-order chi connectivity index (χ1) is 10.0. The minimum Gasteiger partial charge on any atom is -0.495 e. The zero-order valence-electron chi connectivity index (χ0n) is 12.3. The van der Waals surface area contributed by atoms with E-state index in [0.29, 0.717) is 11.3 Å². The summed E-state index contributed by atoms with van der Waals surface area (Å²) in [7, 11) is 2.93. The summed E-state index contributed by atoms with van der Waals surface area (Å²) in [5.41, 5.74) is 9.14. The molecular weight excluding hydrogens is 268 g/mol. The minimum absolute atomic E-state index is 0.328. The van der Waals surface area contributed by atoms with Crippen LogP contribution in [-0.4, -0.2) is 20.2 Å². The van der Waals surface area contributed by atoms with E-state index in [2.05, 4.69) is 5.32 Å². The van der Waals surface area contributed by atoms with E-state index < -0.39 is 5.97 Å². The molecule has 0 atom stereocenters. The summed E-state index contributed by atoms with van der Waals surface area (Å²) in [5, 5.41) is 3.22. The average molecular weight is 286 g/mol. The van der Waals surface area contributed by atoms with Crippen LogP contribution in [0.4, 0.5) is 17.1 Å². The van der Waals surface area contributed by atoms with Crippen LogP contribution in [0.3, 0.4) is 0 Å². The largest absolute Gasteiger partial charge is 0.495 e. The van der Waals surface area contributed by atoms with Gasteiger partial charge in [-0.05, 0) is 42.8 Å². The summed E-state index contributed by atoms with van der Waals surface area (Å²) in [6.45, 7) is 1.99. The number of carbonyl (C=O) groups excluding carboxylic acids is 1. The molecule has 0 spiro atoms. The molecular formula is C16H18N2O3. The van der Waals surface area contributed by atoms with E-state index in [1.807, 2.05) is 25.1 Å². The Bertz CT molecular complexity index is 669. The molecule has 0 amide bonds. The summed E-state index contributed by atoms with van der Waals surface area (Å²) in [6, 6.07) is 10.9. The van der Waals surface area contributed by atoms with Gasteiger partial charge in [-0.15, -0.1) is 0 Å². The molecule has 0 aliphatic carbocycles. The van der Waals surface area contributed by atoms with E-state index in [4.69, 9.17) is 15.2 Å². The zero-order valence-corrected chi connectivity index (χ0v) is 12.3. The van der Waals surface area contributed by atoms with Gasteiger partial charge in [-0.2, -0.15) is 0 Å². The number of aryl methyl sites for hydroxylation is 1. The normalized spacial score (nSPS) is 10.0. The smallest absolute Gasteiger partial charge is 0.340 e. The van der Waals surface area contributed by atoms with E-state index in [9.17, 15) is 4.79 Å². The van der Waals surface area contributed by atoms with Crippen LogP contribution in [-0.2, 0) is 4.74 Å². The van der Waals surface area contributed by atoms with Crippen molar-refractivity contribution in [3.63, 3.8) is 0 Å². The maximum absolute atomic E-state index is 11.7. The van der Waals surface area contributed by atoms with Crippen molar-refractivity contribution >= 4 is 23.0 Å². The van der Waals surface area contributed by atoms with Gasteiger partial charge in [0, 0.05) is 11.4 Å². The molecule has 21 heavy (non-hydrogen) atoms. The molecule has 3 N–H and O–H groups in total. The van der Waals surface area contributed by atoms with E-state index >= 15 is 0 Å². The number of nitrogens with one attached hydrogen (secondary N) is 1. The summed E-state index contributed by atoms with van der Waals surface area (Å²) >= 11 is 0. The molecule has 0 unspecified atom stereocenters. The van der Waals surface area contributed by atoms with Gasteiger partial charge in [-0.3, -0.25) is 0 Å². The topological polar surface area (TPSA) is 73.6 Å². The summed E-state index contributed by atoms with van der Waals surface area (Å²) in [4.78, 5) is 11.7. The lowest BCUT2D eigenvalue weighted by Crippen LogP contribution is -2.06. The molecule has 0 aliphatic heterocycles. The van der Waals surface area contributed by atoms with Gasteiger partial charge in [-0.25, -0.2) is 4.79 Å². The third-order valence-electron chi connectivity index (χ3n) is 3.09. The highest BCUT2D eigenvalue weighted by atomic mass is 16.5. The van der Waals surface area contributed by atoms with Gasteiger partial charge < -0.3 is 20.5 Å². The molecule has 2 rings (SSSR count). The molecule has 2 aromatic rings. The first-order valence-corrected chi connectivity index (χ1v) is 6.44. The Balaban J connectivity index is 2.36. The number of nitrogens with two attached hydrogens (primary N) is 1. The van der Waals surface area contributed by atoms with E-state index in [-0.39, 0.29) is 0 Å². The quantitative estimate of drug-likeness (QED) is 0.667. The van der Waals surface area contributed by atoms with Crippen molar-refractivity contribution < 1.29 is 14.3 Å². The van der Waals surface area contributed by atoms with Gasteiger partial charge >= 0.3 is 5.97 Å². The predicted octanol–water partition coefficient (Wildman–Crippen LogP) is 3.12. The van der Waals surface area contributed by atoms with Crippen molar-refractivity contribution in [2.24, 2.45) is 0 Å². The molecule has 0 radical (unpaired) electrons. The van der Waals surface area contributed by atoms with Gasteiger partial charge in [0.2, 0.25) is 0 Å². The highest BCUT2D eigenvalue weighted by Crippen LogP contribution is 2.29. The number of hydrogen-bond acceptors (Lipinski definition) is 5. The van der Waals surface area contributed by atoms with Gasteiger partial charge in [0.25, 0.3) is 0 Å². The van der Waals surface area contributed by atoms with Crippen LogP contribution < -0.4 is 15.8 Å². The lowest BCUT2D eigenvalue weighted by atomic mass is 10.1. The number of benzene rings is 2. The first kappa shape index (κ1) is 14.7. The number of anilines is 3. The van der Waals surface area contributed by atoms with Gasteiger partial charge in [0.1, 0.15) is 5.75 Å². The highest BCUT2D eigenvalue weighted by molar-refractivity contribution is 5.96. The fourth-order valence-electron chi connectivity index (χ4n) is 2.00. The Hall–Kier alpha value is -2.69. The molecule has 0 saturated heterocycles. The van der Waals surface area contributed by atoms with Crippen LogP contribution in [0.15, 0.2) is 36.4 Å². The lowest BCUT2D eigenvalue weighted by molar-refractivity contribution is 0.0602. The fraction of sp³-hybridized carbons (Fsp3) is 0.188. The first-order valence-electron chi connectivity index (χ1n) is 6.44. The number of hydrogen-bond donors (Lipinski definition) is 2. The van der Waals surface area contributed by atoms with Crippen molar-refractivity contribution in [2.75, 3.05) is 25.3 Å². The Morgan fingerprint density at radius 1 is 1.14 bits per heavy atom. The second kappa shape index (κ2) is 6.17. The number of rotatable bonds is 4. The highest BCUT2D eigenvalue weighted by Gasteiger charge is 2.11. The Kier molecular flexibility index (Phi) is 4.33. The van der Waals surface area contributed by atoms with Gasteiger partial charge in [-0.1, -0.05) is 6.07 Å². The van der Waals surface area contributed by atoms with Gasteiger partial charge in [0.05, 0.1) is 25.5 Å². The van der Waals surface area contributed by atoms with E-state index in [0.717, 1.165) is 22.7 Å². The summed E-state index contributed by atoms with van der Waals surface area (Å²) in [6.07, 6.45) is 0. The Morgan fingerprint density at radius 2 is 1.90 bits per heavy atom. The maximum atomic E-state index is 11.7. The van der Waals surface area contributed by atoms with Crippen LogP contribution in [0.25, 0.3) is 0 Å².